The van der Waals surface area contributed by atoms with Crippen molar-refractivity contribution in [1.29, 1.82) is 10.5 Å². The predicted molar refractivity (Wildman–Crippen MR) is 125 cm³/mol. The smallest absolute Gasteiger partial charge is 0.405 e. The van der Waals surface area contributed by atoms with Gasteiger partial charge in [-0.3, -0.25) is 0 Å². The molecule has 0 unspecified atom stereocenters. The number of nitriles is 2. The van der Waals surface area contributed by atoms with Gasteiger partial charge in [-0.05, 0) is 70.3 Å². The molecule has 3 aromatic rings. The van der Waals surface area contributed by atoms with Crippen molar-refractivity contribution in [3.63, 3.8) is 0 Å². The minimum Gasteiger partial charge on any atom is -0.405 e. The monoisotopic (exact) mass is 478 g/mol. The van der Waals surface area contributed by atoms with Crippen molar-refractivity contribution in [2.45, 2.75) is 26.1 Å². The van der Waals surface area contributed by atoms with Crippen molar-refractivity contribution >= 4 is 11.4 Å². The van der Waals surface area contributed by atoms with E-state index in [0.717, 1.165) is 16.7 Å². The van der Waals surface area contributed by atoms with Gasteiger partial charge in [-0.2, -0.15) is 0 Å². The molecule has 0 aromatic heterocycles. The lowest BCUT2D eigenvalue weighted by Gasteiger charge is -2.16. The number of nitrogens with zero attached hydrogens (tertiary/aromatic N) is 4. The molecular weight excluding hydrogens is 465 g/mol. The molecule has 0 saturated carbocycles. The van der Waals surface area contributed by atoms with Crippen LogP contribution >= 0.6 is 0 Å². The average molecular weight is 478 g/mol. The van der Waals surface area contributed by atoms with Gasteiger partial charge < -0.3 is 4.74 Å². The van der Waals surface area contributed by atoms with Gasteiger partial charge in [0.05, 0.1) is 25.3 Å². The largest absolute Gasteiger partial charge is 0.573 e. The minimum absolute atomic E-state index is 0.119. The van der Waals surface area contributed by atoms with Gasteiger partial charge in [0.1, 0.15) is 5.75 Å². The summed E-state index contributed by atoms with van der Waals surface area (Å²) in [5.74, 6) is -0.457. The lowest BCUT2D eigenvalue weighted by molar-refractivity contribution is -0.274. The lowest BCUT2D eigenvalue weighted by atomic mass is 9.89. The van der Waals surface area contributed by atoms with Crippen LogP contribution in [0.15, 0.2) is 36.4 Å². The quantitative estimate of drug-likeness (QED) is 0.314. The van der Waals surface area contributed by atoms with Crippen LogP contribution in [0.4, 0.5) is 13.2 Å². The van der Waals surface area contributed by atoms with Crippen LogP contribution < -0.4 is 15.2 Å². The fraction of sp³-hybridized carbons (Fsp3) is 0.143. The van der Waals surface area contributed by atoms with E-state index < -0.39 is 12.1 Å². The second kappa shape index (κ2) is 8.02. The molecule has 0 amide bonds. The topological polar surface area (TPSA) is 65.5 Å². The van der Waals surface area contributed by atoms with Gasteiger partial charge in [-0.15, -0.1) is 13.2 Å². The Labute approximate surface area is 203 Å². The van der Waals surface area contributed by atoms with E-state index in [4.69, 9.17) is 13.1 Å². The molecule has 36 heavy (non-hydrogen) atoms. The van der Waals surface area contributed by atoms with Crippen molar-refractivity contribution in [3.05, 3.63) is 97.5 Å². The zero-order valence-electron chi connectivity index (χ0n) is 18.7. The minimum atomic E-state index is -4.97. The molecule has 3 aromatic carbocycles. The summed E-state index contributed by atoms with van der Waals surface area (Å²) in [7, 11) is 0. The number of benzene rings is 3. The molecule has 0 heterocycles. The molecule has 0 aliphatic heterocycles. The second-order valence-electron chi connectivity index (χ2n) is 8.40. The Morgan fingerprint density at radius 3 is 1.83 bits per heavy atom. The number of aryl methyl sites for hydroxylation is 1. The highest BCUT2D eigenvalue weighted by atomic mass is 19.4. The molecule has 0 saturated heterocycles. The summed E-state index contributed by atoms with van der Waals surface area (Å²) in [6.45, 7) is 17.2. The van der Waals surface area contributed by atoms with Crippen molar-refractivity contribution in [2.75, 3.05) is 0 Å². The standard InChI is InChI=1S/C28H13F3N4O/c1-14-6-4-7-15-10-17-25(20(13-33)35-3)27-18(24(19(12-32)34-2)26(17)22(14)15)11-16-8-5-9-21(23(16)27)36-28(29,30)31/h4-9H,10-11H2,1H3/b24-19-,25-20+. The third kappa shape index (κ3) is 3.21. The summed E-state index contributed by atoms with van der Waals surface area (Å²) in [6.07, 6.45) is -4.54. The first-order valence-electron chi connectivity index (χ1n) is 10.7. The maximum absolute atomic E-state index is 13.3. The average Bonchev–Trinajstić information content (AvgIpc) is 3.41. The fourth-order valence-corrected chi connectivity index (χ4v) is 5.39. The molecule has 0 N–H and O–H groups in total. The van der Waals surface area contributed by atoms with Gasteiger partial charge >= 0.3 is 6.36 Å². The molecule has 0 fully saturated rings. The fourth-order valence-electron chi connectivity index (χ4n) is 5.39. The normalized spacial score (nSPS) is 14.1. The number of ether oxygens (including phenoxy) is 1. The Kier molecular flexibility index (Phi) is 5.06. The van der Waals surface area contributed by atoms with Crippen LogP contribution in [-0.4, -0.2) is 6.36 Å². The Bertz CT molecular complexity index is 1770. The van der Waals surface area contributed by atoms with Crippen LogP contribution in [0.3, 0.4) is 0 Å². The van der Waals surface area contributed by atoms with Crippen LogP contribution in [0.5, 0.6) is 5.75 Å². The molecule has 172 valence electrons. The summed E-state index contributed by atoms with van der Waals surface area (Å²) in [5.41, 5.74) is 4.56. The predicted octanol–water partition coefficient (Wildman–Crippen LogP) is 5.14. The number of hydrogen-bond acceptors (Lipinski definition) is 3. The van der Waals surface area contributed by atoms with E-state index >= 15 is 0 Å². The van der Waals surface area contributed by atoms with Crippen molar-refractivity contribution in [2.24, 2.45) is 0 Å². The van der Waals surface area contributed by atoms with Gasteiger partial charge in [-0.25, -0.2) is 20.2 Å². The Hall–Kier alpha value is -5.05. The molecule has 0 radical (unpaired) electrons. The van der Waals surface area contributed by atoms with Gasteiger partial charge in [0, 0.05) is 16.0 Å². The third-order valence-electron chi connectivity index (χ3n) is 6.55. The van der Waals surface area contributed by atoms with Gasteiger partial charge in [0.2, 0.25) is 0 Å². The number of rotatable bonds is 1. The highest BCUT2D eigenvalue weighted by Crippen LogP contribution is 2.45. The Morgan fingerprint density at radius 2 is 1.33 bits per heavy atom. The first-order valence-corrected chi connectivity index (χ1v) is 10.7. The van der Waals surface area contributed by atoms with Crippen LogP contribution in [0.1, 0.15) is 27.8 Å². The summed E-state index contributed by atoms with van der Waals surface area (Å²) in [5, 5.41) is 20.3. The van der Waals surface area contributed by atoms with Gasteiger partial charge in [0.25, 0.3) is 11.4 Å². The molecule has 0 bridgehead atoms. The maximum atomic E-state index is 13.3. The highest BCUT2D eigenvalue weighted by Gasteiger charge is 2.37. The first kappa shape index (κ1) is 22.7. The highest BCUT2D eigenvalue weighted by molar-refractivity contribution is 5.94. The zero-order valence-corrected chi connectivity index (χ0v) is 18.7. The summed E-state index contributed by atoms with van der Waals surface area (Å²) in [6, 6.07) is 13.8. The second-order valence-corrected chi connectivity index (χ2v) is 8.40. The van der Waals surface area contributed by atoms with E-state index in [9.17, 15) is 23.7 Å². The molecule has 5 nitrogen and oxygen atoms in total. The molecular formula is C28H13F3N4O. The number of hydrogen-bond donors (Lipinski definition) is 0. The Morgan fingerprint density at radius 1 is 0.833 bits per heavy atom. The van der Waals surface area contributed by atoms with Crippen LogP contribution in [0.2, 0.25) is 0 Å². The first-order chi connectivity index (χ1) is 17.2. The van der Waals surface area contributed by atoms with E-state index in [2.05, 4.69) is 14.4 Å². The van der Waals surface area contributed by atoms with E-state index in [1.54, 1.807) is 6.07 Å². The molecule has 8 heteroatoms. The summed E-state index contributed by atoms with van der Waals surface area (Å²) in [4.78, 5) is 6.88. The lowest BCUT2D eigenvalue weighted by Crippen LogP contribution is -2.26. The third-order valence-corrected chi connectivity index (χ3v) is 6.55. The van der Waals surface area contributed by atoms with Crippen LogP contribution in [0, 0.1) is 42.7 Å². The summed E-state index contributed by atoms with van der Waals surface area (Å²) < 4.78 is 44.3. The molecule has 0 atom stereocenters. The van der Waals surface area contributed by atoms with E-state index in [1.807, 2.05) is 37.3 Å². The Balaban J connectivity index is 2.10. The van der Waals surface area contributed by atoms with Gasteiger partial charge in [-0.1, -0.05) is 30.3 Å². The van der Waals surface area contributed by atoms with E-state index in [1.165, 1.54) is 12.1 Å². The van der Waals surface area contributed by atoms with E-state index in [0.29, 0.717) is 33.9 Å². The molecule has 5 rings (SSSR count). The van der Waals surface area contributed by atoms with Crippen molar-refractivity contribution in [1.82, 2.24) is 0 Å². The SMILES string of the molecule is [C-]#[N+]/C(C#N)=c1/c2c(/c(=C(\C#N)[N+]#[C-])c3c1-c1c(C)cccc1C3)-c1c(cccc1OC(F)(F)F)C2. The van der Waals surface area contributed by atoms with Crippen LogP contribution in [-0.2, 0) is 12.8 Å². The molecule has 2 aliphatic carbocycles. The van der Waals surface area contributed by atoms with Crippen molar-refractivity contribution in [3.8, 4) is 40.1 Å². The molecule has 2 aliphatic rings. The summed E-state index contributed by atoms with van der Waals surface area (Å²) >= 11 is 0. The number of halogens is 3. The number of alkyl halides is 3. The van der Waals surface area contributed by atoms with Crippen LogP contribution in [0.25, 0.3) is 43.3 Å². The number of fused-ring (bicyclic) bond motifs is 6. The maximum Gasteiger partial charge on any atom is 0.573 e. The van der Waals surface area contributed by atoms with Gasteiger partial charge in [0.15, 0.2) is 0 Å². The zero-order chi connectivity index (χ0) is 25.8. The molecule has 0 spiro atoms. The van der Waals surface area contributed by atoms with Crippen molar-refractivity contribution < 1.29 is 17.9 Å². The van der Waals surface area contributed by atoms with E-state index in [-0.39, 0.29) is 34.2 Å².